The normalized spacial score (nSPS) is 10.5. The van der Waals surface area contributed by atoms with Crippen LogP contribution in [0.4, 0.5) is 4.39 Å². The molecule has 0 aromatic heterocycles. The Bertz CT molecular complexity index is 361. The third kappa shape index (κ3) is 3.05. The molecule has 0 unspecified atom stereocenters. The highest BCUT2D eigenvalue weighted by molar-refractivity contribution is 5.94. The predicted molar refractivity (Wildman–Crippen MR) is 58.4 cm³/mol. The molecule has 0 heterocycles. The fourth-order valence-corrected chi connectivity index (χ4v) is 1.30. The largest absolute Gasteiger partial charge is 0.350 e. The van der Waals surface area contributed by atoms with Gasteiger partial charge in [-0.1, -0.05) is 13.0 Å². The number of nitrogens with one attached hydrogen (secondary N) is 1. The molecule has 1 N–H and O–H groups in total. The second kappa shape index (κ2) is 4.91. The van der Waals surface area contributed by atoms with Crippen LogP contribution in [-0.4, -0.2) is 11.9 Å². The first kappa shape index (κ1) is 11.7. The van der Waals surface area contributed by atoms with E-state index in [0.717, 1.165) is 12.0 Å². The maximum Gasteiger partial charge on any atom is 0.254 e. The van der Waals surface area contributed by atoms with Gasteiger partial charge >= 0.3 is 0 Å². The van der Waals surface area contributed by atoms with Crippen LogP contribution >= 0.6 is 0 Å². The lowest BCUT2D eigenvalue weighted by Crippen LogP contribution is -2.30. The number of hydrogen-bond donors (Lipinski definition) is 1. The predicted octanol–water partition coefficient (Wildman–Crippen LogP) is 2.53. The first-order chi connectivity index (χ1) is 7.04. The molecular formula is C12H16FNO. The average molecular weight is 209 g/mol. The minimum atomic E-state index is -0.451. The number of aryl methyl sites for hydroxylation is 1. The maximum absolute atomic E-state index is 13.5. The van der Waals surface area contributed by atoms with Crippen molar-refractivity contribution in [2.45, 2.75) is 33.2 Å². The van der Waals surface area contributed by atoms with Crippen LogP contribution in [0.25, 0.3) is 0 Å². The average Bonchev–Trinajstić information content (AvgIpc) is 2.16. The molecule has 3 heteroatoms. The molecule has 1 amide bonds. The second-order valence-electron chi connectivity index (χ2n) is 3.80. The monoisotopic (exact) mass is 209 g/mol. The minimum absolute atomic E-state index is 0.0164. The maximum atomic E-state index is 13.5. The number of benzene rings is 1. The Hall–Kier alpha value is -1.38. The summed E-state index contributed by atoms with van der Waals surface area (Å²) in [4.78, 5) is 11.5. The molecule has 0 radical (unpaired) electrons. The molecule has 0 fully saturated rings. The van der Waals surface area contributed by atoms with Crippen molar-refractivity contribution in [2.75, 3.05) is 0 Å². The Kier molecular flexibility index (Phi) is 3.83. The number of halogens is 1. The highest BCUT2D eigenvalue weighted by atomic mass is 19.1. The van der Waals surface area contributed by atoms with Crippen molar-refractivity contribution >= 4 is 5.91 Å². The van der Waals surface area contributed by atoms with Crippen molar-refractivity contribution in [3.8, 4) is 0 Å². The fourth-order valence-electron chi connectivity index (χ4n) is 1.30. The molecule has 15 heavy (non-hydrogen) atoms. The molecule has 0 bridgehead atoms. The van der Waals surface area contributed by atoms with E-state index < -0.39 is 5.82 Å². The van der Waals surface area contributed by atoms with Gasteiger partial charge in [-0.2, -0.15) is 0 Å². The number of amides is 1. The lowest BCUT2D eigenvalue weighted by Gasteiger charge is -2.09. The molecule has 1 aromatic carbocycles. The molecule has 0 saturated carbocycles. The zero-order chi connectivity index (χ0) is 11.4. The summed E-state index contributed by atoms with van der Waals surface area (Å²) in [6, 6.07) is 4.74. The van der Waals surface area contributed by atoms with E-state index in [1.807, 2.05) is 20.8 Å². The molecule has 82 valence electrons. The quantitative estimate of drug-likeness (QED) is 0.814. The summed E-state index contributed by atoms with van der Waals surface area (Å²) in [5, 5.41) is 2.66. The van der Waals surface area contributed by atoms with Crippen LogP contribution < -0.4 is 5.32 Å². The van der Waals surface area contributed by atoms with Gasteiger partial charge in [0, 0.05) is 6.04 Å². The number of hydrogen-bond acceptors (Lipinski definition) is 1. The van der Waals surface area contributed by atoms with E-state index in [1.54, 1.807) is 6.07 Å². The van der Waals surface area contributed by atoms with Crippen molar-refractivity contribution in [3.63, 3.8) is 0 Å². The summed E-state index contributed by atoms with van der Waals surface area (Å²) in [6.45, 7) is 5.63. The van der Waals surface area contributed by atoms with Crippen molar-refractivity contribution in [3.05, 3.63) is 35.1 Å². The van der Waals surface area contributed by atoms with Crippen LogP contribution in [0.2, 0.25) is 0 Å². The van der Waals surface area contributed by atoms with E-state index in [4.69, 9.17) is 0 Å². The summed E-state index contributed by atoms with van der Waals surface area (Å²) >= 11 is 0. The van der Waals surface area contributed by atoms with Crippen LogP contribution in [0.3, 0.4) is 0 Å². The Balaban J connectivity index is 2.90. The van der Waals surface area contributed by atoms with Gasteiger partial charge in [-0.05, 0) is 38.0 Å². The Morgan fingerprint density at radius 1 is 1.47 bits per heavy atom. The van der Waals surface area contributed by atoms with Gasteiger partial charge in [0.25, 0.3) is 5.91 Å². The van der Waals surface area contributed by atoms with Crippen molar-refractivity contribution < 1.29 is 9.18 Å². The van der Waals surface area contributed by atoms with E-state index in [9.17, 15) is 9.18 Å². The molecule has 0 spiro atoms. The number of rotatable bonds is 3. The smallest absolute Gasteiger partial charge is 0.254 e. The van der Waals surface area contributed by atoms with Crippen molar-refractivity contribution in [1.82, 2.24) is 5.32 Å². The number of carbonyl (C=O) groups is 1. The highest BCUT2D eigenvalue weighted by Gasteiger charge is 2.12. The molecule has 0 aliphatic heterocycles. The standard InChI is InChI=1S/C12H16FNO/c1-4-9-5-6-10(11(13)7-9)12(15)14-8(2)3/h5-8H,4H2,1-3H3,(H,14,15). The van der Waals surface area contributed by atoms with Crippen LogP contribution in [0, 0.1) is 5.82 Å². The highest BCUT2D eigenvalue weighted by Crippen LogP contribution is 2.11. The van der Waals surface area contributed by atoms with Gasteiger partial charge in [0.05, 0.1) is 5.56 Å². The fraction of sp³-hybridized carbons (Fsp3) is 0.417. The topological polar surface area (TPSA) is 29.1 Å². The first-order valence-corrected chi connectivity index (χ1v) is 5.14. The third-order valence-electron chi connectivity index (χ3n) is 2.11. The summed E-state index contributed by atoms with van der Waals surface area (Å²) in [5.41, 5.74) is 1.01. The zero-order valence-corrected chi connectivity index (χ0v) is 9.30. The zero-order valence-electron chi connectivity index (χ0n) is 9.30. The second-order valence-corrected chi connectivity index (χ2v) is 3.80. The molecule has 1 rings (SSSR count). The Morgan fingerprint density at radius 3 is 2.60 bits per heavy atom. The Morgan fingerprint density at radius 2 is 2.13 bits per heavy atom. The van der Waals surface area contributed by atoms with E-state index in [-0.39, 0.29) is 17.5 Å². The van der Waals surface area contributed by atoms with Crippen LogP contribution in [-0.2, 0) is 6.42 Å². The number of carbonyl (C=O) groups excluding carboxylic acids is 1. The minimum Gasteiger partial charge on any atom is -0.350 e. The van der Waals surface area contributed by atoms with Crippen LogP contribution in [0.5, 0.6) is 0 Å². The molecular weight excluding hydrogens is 193 g/mol. The molecule has 0 aliphatic rings. The van der Waals surface area contributed by atoms with Gasteiger partial charge in [-0.3, -0.25) is 4.79 Å². The lowest BCUT2D eigenvalue weighted by atomic mass is 10.1. The summed E-state index contributed by atoms with van der Waals surface area (Å²) < 4.78 is 13.5. The molecule has 0 atom stereocenters. The molecule has 2 nitrogen and oxygen atoms in total. The van der Waals surface area contributed by atoms with Gasteiger partial charge < -0.3 is 5.32 Å². The van der Waals surface area contributed by atoms with Gasteiger partial charge in [-0.25, -0.2) is 4.39 Å². The van der Waals surface area contributed by atoms with Gasteiger partial charge in [0.15, 0.2) is 0 Å². The summed E-state index contributed by atoms with van der Waals surface area (Å²) in [6.07, 6.45) is 0.767. The van der Waals surface area contributed by atoms with Crippen LogP contribution in [0.15, 0.2) is 18.2 Å². The van der Waals surface area contributed by atoms with Gasteiger partial charge in [0.2, 0.25) is 0 Å². The van der Waals surface area contributed by atoms with E-state index >= 15 is 0 Å². The van der Waals surface area contributed by atoms with Crippen LogP contribution in [0.1, 0.15) is 36.7 Å². The molecule has 0 saturated heterocycles. The van der Waals surface area contributed by atoms with E-state index in [0.29, 0.717) is 0 Å². The van der Waals surface area contributed by atoms with E-state index in [2.05, 4.69) is 5.32 Å². The third-order valence-corrected chi connectivity index (χ3v) is 2.11. The van der Waals surface area contributed by atoms with Gasteiger partial charge in [-0.15, -0.1) is 0 Å². The van der Waals surface area contributed by atoms with E-state index in [1.165, 1.54) is 12.1 Å². The molecule has 1 aromatic rings. The Labute approximate surface area is 89.5 Å². The first-order valence-electron chi connectivity index (χ1n) is 5.14. The van der Waals surface area contributed by atoms with Gasteiger partial charge in [0.1, 0.15) is 5.82 Å². The molecule has 0 aliphatic carbocycles. The van der Waals surface area contributed by atoms with Crippen molar-refractivity contribution in [2.24, 2.45) is 0 Å². The summed E-state index contributed by atoms with van der Waals surface area (Å²) in [7, 11) is 0. The summed E-state index contributed by atoms with van der Waals surface area (Å²) in [5.74, 6) is -0.808. The lowest BCUT2D eigenvalue weighted by molar-refractivity contribution is 0.0939. The SMILES string of the molecule is CCc1ccc(C(=O)NC(C)C)c(F)c1. The van der Waals surface area contributed by atoms with Crippen molar-refractivity contribution in [1.29, 1.82) is 0 Å².